The highest BCUT2D eigenvalue weighted by molar-refractivity contribution is 6.30. The lowest BCUT2D eigenvalue weighted by molar-refractivity contribution is 0.112. The average Bonchev–Trinajstić information content (AvgIpc) is 2.57. The Morgan fingerprint density at radius 2 is 1.91 bits per heavy atom. The van der Waals surface area contributed by atoms with Gasteiger partial charge in [-0.25, -0.2) is 0 Å². The van der Waals surface area contributed by atoms with Crippen LogP contribution in [-0.4, -0.2) is 22.4 Å². The van der Waals surface area contributed by atoms with Crippen molar-refractivity contribution in [3.8, 4) is 0 Å². The van der Waals surface area contributed by atoms with E-state index < -0.39 is 0 Å². The second-order valence-electron chi connectivity index (χ2n) is 4.70. The number of pyridine rings is 1. The number of hydrazine groups is 1. The molecule has 2 aromatic rings. The number of nitrogens with one attached hydrogen (secondary N) is 1. The van der Waals surface area contributed by atoms with Gasteiger partial charge in [-0.15, -0.1) is 0 Å². The fourth-order valence-corrected chi connectivity index (χ4v) is 2.01. The molecule has 1 aliphatic heterocycles. The quantitative estimate of drug-likeness (QED) is 0.918. The number of nitrogens with zero attached hydrogens (tertiary/aromatic N) is 3. The summed E-state index contributed by atoms with van der Waals surface area (Å²) < 4.78 is 5.75. The molecule has 0 spiro atoms. The van der Waals surface area contributed by atoms with E-state index in [1.807, 2.05) is 48.7 Å². The normalized spacial score (nSPS) is 16.8. The summed E-state index contributed by atoms with van der Waals surface area (Å²) in [7, 11) is 0. The summed E-state index contributed by atoms with van der Waals surface area (Å²) in [4.78, 5) is 3.98. The van der Waals surface area contributed by atoms with Crippen LogP contribution in [0, 0.1) is 0 Å². The van der Waals surface area contributed by atoms with Crippen molar-refractivity contribution in [2.75, 3.05) is 5.43 Å². The smallest absolute Gasteiger partial charge is 0.115 e. The number of halogens is 1. The van der Waals surface area contributed by atoms with Gasteiger partial charge in [-0.2, -0.15) is 10.2 Å². The Hall–Kier alpha value is -2.37. The first kappa shape index (κ1) is 14.6. The average molecular weight is 315 g/mol. The van der Waals surface area contributed by atoms with E-state index in [9.17, 15) is 0 Å². The summed E-state index contributed by atoms with van der Waals surface area (Å²) in [6.45, 7) is 0.522. The number of aromatic nitrogens is 1. The third kappa shape index (κ3) is 4.07. The topological polar surface area (TPSA) is 49.8 Å². The molecule has 1 atom stereocenters. The maximum atomic E-state index is 5.85. The lowest BCUT2D eigenvalue weighted by atomic mass is 10.3. The molecule has 1 aromatic heterocycles. The molecule has 3 rings (SSSR count). The van der Waals surface area contributed by atoms with E-state index in [2.05, 4.69) is 15.5 Å². The fourth-order valence-electron chi connectivity index (χ4n) is 1.88. The van der Waals surface area contributed by atoms with E-state index in [0.29, 0.717) is 11.6 Å². The molecule has 22 heavy (non-hydrogen) atoms. The van der Waals surface area contributed by atoms with Gasteiger partial charge in [-0.3, -0.25) is 10.4 Å². The minimum atomic E-state index is -0.142. The third-order valence-corrected chi connectivity index (χ3v) is 3.29. The van der Waals surface area contributed by atoms with Gasteiger partial charge in [0, 0.05) is 23.6 Å². The Morgan fingerprint density at radius 3 is 2.59 bits per heavy atom. The number of anilines is 1. The summed E-state index contributed by atoms with van der Waals surface area (Å²) in [6, 6.07) is 11.3. The van der Waals surface area contributed by atoms with Gasteiger partial charge in [-0.05, 0) is 48.0 Å². The van der Waals surface area contributed by atoms with Crippen molar-refractivity contribution in [2.45, 2.75) is 12.7 Å². The molecule has 1 aliphatic rings. The number of hydrazone groups is 1. The lowest BCUT2D eigenvalue weighted by Gasteiger charge is -2.22. The molecule has 0 fully saturated rings. The Morgan fingerprint density at radius 1 is 1.14 bits per heavy atom. The second-order valence-corrected chi connectivity index (χ2v) is 5.14. The number of hydrogen-bond acceptors (Lipinski definition) is 5. The van der Waals surface area contributed by atoms with Gasteiger partial charge in [0.1, 0.15) is 6.10 Å². The Kier molecular flexibility index (Phi) is 4.68. The maximum Gasteiger partial charge on any atom is 0.115 e. The molecule has 0 radical (unpaired) electrons. The predicted octanol–water partition coefficient (Wildman–Crippen LogP) is 3.46. The Labute approximate surface area is 133 Å². The number of rotatable bonds is 5. The highest BCUT2D eigenvalue weighted by Gasteiger charge is 2.09. The largest absolute Gasteiger partial charge is 0.364 e. The predicted molar refractivity (Wildman–Crippen MR) is 87.4 cm³/mol. The van der Waals surface area contributed by atoms with E-state index in [-0.39, 0.29) is 6.10 Å². The molecule has 0 saturated carbocycles. The van der Waals surface area contributed by atoms with Crippen LogP contribution in [0.1, 0.15) is 5.56 Å². The molecule has 112 valence electrons. The highest BCUT2D eigenvalue weighted by atomic mass is 35.5. The molecule has 5 nitrogen and oxygen atoms in total. The van der Waals surface area contributed by atoms with Crippen LogP contribution in [0.5, 0.6) is 0 Å². The zero-order valence-corrected chi connectivity index (χ0v) is 12.5. The van der Waals surface area contributed by atoms with Gasteiger partial charge in [0.2, 0.25) is 0 Å². The second kappa shape index (κ2) is 7.06. The van der Waals surface area contributed by atoms with Gasteiger partial charge >= 0.3 is 0 Å². The third-order valence-electron chi connectivity index (χ3n) is 3.03. The van der Waals surface area contributed by atoms with Gasteiger partial charge in [-0.1, -0.05) is 11.6 Å². The SMILES string of the molecule is Clc1ccc(NN2C=CC(OCc3ccncc3)C=N2)cc1. The molecule has 0 aliphatic carbocycles. The number of hydrogen-bond donors (Lipinski definition) is 1. The van der Waals surface area contributed by atoms with Crippen molar-refractivity contribution in [2.24, 2.45) is 5.10 Å². The summed E-state index contributed by atoms with van der Waals surface area (Å²) in [5.41, 5.74) is 5.12. The molecule has 2 heterocycles. The zero-order chi connectivity index (χ0) is 15.2. The van der Waals surface area contributed by atoms with Crippen molar-refractivity contribution in [3.05, 3.63) is 71.7 Å². The first-order chi connectivity index (χ1) is 10.8. The molecule has 0 bridgehead atoms. The van der Waals surface area contributed by atoms with Crippen LogP contribution >= 0.6 is 11.6 Å². The van der Waals surface area contributed by atoms with Gasteiger partial charge < -0.3 is 4.74 Å². The van der Waals surface area contributed by atoms with Crippen LogP contribution in [0.2, 0.25) is 5.02 Å². The van der Waals surface area contributed by atoms with Crippen molar-refractivity contribution in [1.29, 1.82) is 0 Å². The first-order valence-electron chi connectivity index (χ1n) is 6.84. The van der Waals surface area contributed by atoms with Crippen molar-refractivity contribution in [1.82, 2.24) is 10.1 Å². The molecular formula is C16H15ClN4O. The minimum Gasteiger partial charge on any atom is -0.364 e. The fraction of sp³-hybridized carbons (Fsp3) is 0.125. The standard InChI is InChI=1S/C16H15ClN4O/c17-14-1-3-15(4-2-14)20-21-10-7-16(11-19-21)22-12-13-5-8-18-9-6-13/h1-11,16,20H,12H2. The molecule has 0 amide bonds. The summed E-state index contributed by atoms with van der Waals surface area (Å²) in [5, 5.41) is 6.60. The van der Waals surface area contributed by atoms with Crippen LogP contribution in [-0.2, 0) is 11.3 Å². The van der Waals surface area contributed by atoms with Crippen LogP contribution in [0.25, 0.3) is 0 Å². The summed E-state index contributed by atoms with van der Waals surface area (Å²) in [6.07, 6.45) is 8.85. The van der Waals surface area contributed by atoms with Crippen LogP contribution in [0.3, 0.4) is 0 Å². The van der Waals surface area contributed by atoms with Crippen molar-refractivity contribution in [3.63, 3.8) is 0 Å². The number of ether oxygens (including phenoxy) is 1. The first-order valence-corrected chi connectivity index (χ1v) is 7.22. The van der Waals surface area contributed by atoms with Crippen LogP contribution < -0.4 is 5.43 Å². The van der Waals surface area contributed by atoms with Crippen molar-refractivity contribution < 1.29 is 4.74 Å². The highest BCUT2D eigenvalue weighted by Crippen LogP contribution is 2.15. The van der Waals surface area contributed by atoms with Crippen molar-refractivity contribution >= 4 is 23.5 Å². The minimum absolute atomic E-state index is 0.142. The Balaban J connectivity index is 1.50. The van der Waals surface area contributed by atoms with Gasteiger partial charge in [0.05, 0.1) is 18.5 Å². The molecule has 1 N–H and O–H groups in total. The number of benzene rings is 1. The van der Waals surface area contributed by atoms with Crippen LogP contribution in [0.15, 0.2) is 66.2 Å². The van der Waals surface area contributed by atoms with Gasteiger partial charge in [0.15, 0.2) is 0 Å². The monoisotopic (exact) mass is 314 g/mol. The molecule has 6 heteroatoms. The van der Waals surface area contributed by atoms with E-state index in [1.165, 1.54) is 0 Å². The van der Waals surface area contributed by atoms with Gasteiger partial charge in [0.25, 0.3) is 0 Å². The van der Waals surface area contributed by atoms with E-state index in [0.717, 1.165) is 11.3 Å². The van der Waals surface area contributed by atoms with E-state index >= 15 is 0 Å². The zero-order valence-electron chi connectivity index (χ0n) is 11.8. The Bertz CT molecular complexity index is 644. The molecule has 0 saturated heterocycles. The molecular weight excluding hydrogens is 300 g/mol. The molecule has 1 aromatic carbocycles. The summed E-state index contributed by atoms with van der Waals surface area (Å²) >= 11 is 5.85. The lowest BCUT2D eigenvalue weighted by Crippen LogP contribution is -2.25. The molecule has 1 unspecified atom stereocenters. The van der Waals surface area contributed by atoms with E-state index in [4.69, 9.17) is 16.3 Å². The maximum absolute atomic E-state index is 5.85. The van der Waals surface area contributed by atoms with Crippen LogP contribution in [0.4, 0.5) is 5.69 Å². The summed E-state index contributed by atoms with van der Waals surface area (Å²) in [5.74, 6) is 0. The van der Waals surface area contributed by atoms with E-state index in [1.54, 1.807) is 23.7 Å².